The van der Waals surface area contributed by atoms with Crippen molar-refractivity contribution in [2.45, 2.75) is 70.4 Å². The molecule has 0 aromatic carbocycles. The van der Waals surface area contributed by atoms with E-state index in [2.05, 4.69) is 11.8 Å². The zero-order valence-electron chi connectivity index (χ0n) is 12.9. The van der Waals surface area contributed by atoms with Crippen LogP contribution in [0.3, 0.4) is 0 Å². The molecule has 2 saturated carbocycles. The van der Waals surface area contributed by atoms with Crippen LogP contribution < -0.4 is 0 Å². The van der Waals surface area contributed by atoms with Gasteiger partial charge in [0.2, 0.25) is 0 Å². The van der Waals surface area contributed by atoms with Crippen LogP contribution in [0.1, 0.15) is 58.8 Å². The molecule has 0 aromatic heterocycles. The Morgan fingerprint density at radius 3 is 2.40 bits per heavy atom. The molecule has 20 heavy (non-hydrogen) atoms. The van der Waals surface area contributed by atoms with Gasteiger partial charge in [0.25, 0.3) is 0 Å². The minimum absolute atomic E-state index is 0.00391. The Kier molecular flexibility index (Phi) is 5.44. The molecule has 2 aliphatic rings. The third-order valence-electron chi connectivity index (χ3n) is 4.61. The van der Waals surface area contributed by atoms with Gasteiger partial charge in [-0.1, -0.05) is 6.92 Å². The van der Waals surface area contributed by atoms with Crippen molar-refractivity contribution in [1.29, 1.82) is 0 Å². The Balaban J connectivity index is 1.82. The molecule has 0 unspecified atom stereocenters. The zero-order chi connectivity index (χ0) is 14.6. The average molecular weight is 283 g/mol. The maximum absolute atomic E-state index is 11.7. The SMILES string of the molecule is CCCN(CC1(O)CCC(C(=O)OCC)CC1)C1CC1. The van der Waals surface area contributed by atoms with Gasteiger partial charge in [0, 0.05) is 12.6 Å². The number of nitrogens with zero attached hydrogens (tertiary/aromatic N) is 1. The van der Waals surface area contributed by atoms with Gasteiger partial charge < -0.3 is 9.84 Å². The molecular weight excluding hydrogens is 254 g/mol. The fourth-order valence-electron chi connectivity index (χ4n) is 3.30. The molecule has 0 atom stereocenters. The molecule has 0 heterocycles. The van der Waals surface area contributed by atoms with Gasteiger partial charge in [-0.15, -0.1) is 0 Å². The average Bonchev–Trinajstić information content (AvgIpc) is 3.23. The third kappa shape index (κ3) is 4.19. The highest BCUT2D eigenvalue weighted by molar-refractivity contribution is 5.72. The Labute approximate surface area is 122 Å². The van der Waals surface area contributed by atoms with Gasteiger partial charge in [-0.2, -0.15) is 0 Å². The smallest absolute Gasteiger partial charge is 0.308 e. The summed E-state index contributed by atoms with van der Waals surface area (Å²) >= 11 is 0. The zero-order valence-corrected chi connectivity index (χ0v) is 12.9. The lowest BCUT2D eigenvalue weighted by Gasteiger charge is -2.39. The summed E-state index contributed by atoms with van der Waals surface area (Å²) in [6.45, 7) is 6.34. The Morgan fingerprint density at radius 1 is 1.25 bits per heavy atom. The molecule has 2 fully saturated rings. The van der Waals surface area contributed by atoms with E-state index in [0.29, 0.717) is 12.6 Å². The van der Waals surface area contributed by atoms with Crippen molar-refractivity contribution in [3.05, 3.63) is 0 Å². The largest absolute Gasteiger partial charge is 0.466 e. The molecule has 0 radical (unpaired) electrons. The van der Waals surface area contributed by atoms with E-state index in [9.17, 15) is 9.90 Å². The summed E-state index contributed by atoms with van der Waals surface area (Å²) in [5.74, 6) is -0.0852. The maximum atomic E-state index is 11.7. The molecule has 116 valence electrons. The van der Waals surface area contributed by atoms with Crippen molar-refractivity contribution in [2.24, 2.45) is 5.92 Å². The molecule has 4 heteroatoms. The summed E-state index contributed by atoms with van der Waals surface area (Å²) in [6.07, 6.45) is 6.67. The number of hydrogen-bond donors (Lipinski definition) is 1. The summed E-state index contributed by atoms with van der Waals surface area (Å²) in [5, 5.41) is 10.8. The van der Waals surface area contributed by atoms with Crippen LogP contribution in [0.25, 0.3) is 0 Å². The molecule has 2 rings (SSSR count). The van der Waals surface area contributed by atoms with Crippen LogP contribution in [0.2, 0.25) is 0 Å². The minimum atomic E-state index is -0.596. The first-order chi connectivity index (χ1) is 9.58. The second-order valence-electron chi connectivity index (χ2n) is 6.45. The lowest BCUT2D eigenvalue weighted by Crippen LogP contribution is -2.47. The number of hydrogen-bond acceptors (Lipinski definition) is 4. The maximum Gasteiger partial charge on any atom is 0.308 e. The second-order valence-corrected chi connectivity index (χ2v) is 6.45. The first kappa shape index (κ1) is 15.8. The highest BCUT2D eigenvalue weighted by Gasteiger charge is 2.40. The first-order valence-corrected chi connectivity index (χ1v) is 8.21. The molecule has 4 nitrogen and oxygen atoms in total. The number of aliphatic hydroxyl groups is 1. The van der Waals surface area contributed by atoms with Crippen molar-refractivity contribution in [1.82, 2.24) is 4.90 Å². The predicted octanol–water partition coefficient (Wildman–Crippen LogP) is 2.35. The predicted molar refractivity (Wildman–Crippen MR) is 78.4 cm³/mol. The molecule has 0 saturated heterocycles. The monoisotopic (exact) mass is 283 g/mol. The van der Waals surface area contributed by atoms with Crippen LogP contribution >= 0.6 is 0 Å². The third-order valence-corrected chi connectivity index (χ3v) is 4.61. The lowest BCUT2D eigenvalue weighted by atomic mass is 9.78. The summed E-state index contributed by atoms with van der Waals surface area (Å²) in [5.41, 5.74) is -0.596. The minimum Gasteiger partial charge on any atom is -0.466 e. The molecule has 0 amide bonds. The van der Waals surface area contributed by atoms with Gasteiger partial charge in [-0.3, -0.25) is 9.69 Å². The van der Waals surface area contributed by atoms with Crippen LogP contribution in [0.4, 0.5) is 0 Å². The van der Waals surface area contributed by atoms with E-state index in [1.54, 1.807) is 0 Å². The summed E-state index contributed by atoms with van der Waals surface area (Å²) in [7, 11) is 0. The quantitative estimate of drug-likeness (QED) is 0.729. The van der Waals surface area contributed by atoms with E-state index in [4.69, 9.17) is 4.74 Å². The summed E-state index contributed by atoms with van der Waals surface area (Å²) in [4.78, 5) is 14.2. The number of rotatable bonds is 7. The van der Waals surface area contributed by atoms with Crippen LogP contribution in [0.5, 0.6) is 0 Å². The van der Waals surface area contributed by atoms with E-state index in [1.165, 1.54) is 12.8 Å². The number of ether oxygens (including phenoxy) is 1. The normalized spacial score (nSPS) is 30.5. The van der Waals surface area contributed by atoms with E-state index < -0.39 is 5.60 Å². The molecule has 0 aliphatic heterocycles. The second kappa shape index (κ2) is 6.90. The fourth-order valence-corrected chi connectivity index (χ4v) is 3.30. The van der Waals surface area contributed by atoms with Gasteiger partial charge in [0.1, 0.15) is 0 Å². The number of carbonyl (C=O) groups is 1. The first-order valence-electron chi connectivity index (χ1n) is 8.21. The van der Waals surface area contributed by atoms with Gasteiger partial charge in [0.05, 0.1) is 18.1 Å². The Hall–Kier alpha value is -0.610. The van der Waals surface area contributed by atoms with Crippen molar-refractivity contribution < 1.29 is 14.6 Å². The molecule has 2 aliphatic carbocycles. The highest BCUT2D eigenvalue weighted by Crippen LogP contribution is 2.36. The molecular formula is C16H29NO3. The van der Waals surface area contributed by atoms with Gasteiger partial charge in [-0.25, -0.2) is 0 Å². The number of esters is 1. The molecule has 0 bridgehead atoms. The topological polar surface area (TPSA) is 49.8 Å². The van der Waals surface area contributed by atoms with E-state index in [1.807, 2.05) is 6.92 Å². The van der Waals surface area contributed by atoms with Crippen molar-refractivity contribution in [3.63, 3.8) is 0 Å². The molecule has 0 spiro atoms. The van der Waals surface area contributed by atoms with Gasteiger partial charge in [0.15, 0.2) is 0 Å². The van der Waals surface area contributed by atoms with Crippen LogP contribution in [0.15, 0.2) is 0 Å². The van der Waals surface area contributed by atoms with E-state index in [-0.39, 0.29) is 11.9 Å². The van der Waals surface area contributed by atoms with Crippen molar-refractivity contribution >= 4 is 5.97 Å². The Morgan fingerprint density at radius 2 is 1.90 bits per heavy atom. The van der Waals surface area contributed by atoms with Crippen molar-refractivity contribution in [2.75, 3.05) is 19.7 Å². The Bertz CT molecular complexity index is 320. The van der Waals surface area contributed by atoms with E-state index in [0.717, 1.165) is 45.2 Å². The van der Waals surface area contributed by atoms with E-state index >= 15 is 0 Å². The molecule has 0 aromatic rings. The highest BCUT2D eigenvalue weighted by atomic mass is 16.5. The van der Waals surface area contributed by atoms with Gasteiger partial charge in [-0.05, 0) is 58.4 Å². The van der Waals surface area contributed by atoms with Crippen LogP contribution in [-0.2, 0) is 9.53 Å². The summed E-state index contributed by atoms with van der Waals surface area (Å²) < 4.78 is 5.09. The van der Waals surface area contributed by atoms with Crippen LogP contribution in [0, 0.1) is 5.92 Å². The fraction of sp³-hybridized carbons (Fsp3) is 0.938. The lowest BCUT2D eigenvalue weighted by molar-refractivity contribution is -0.151. The molecule has 1 N–H and O–H groups in total. The summed E-state index contributed by atoms with van der Waals surface area (Å²) in [6, 6.07) is 0.696. The van der Waals surface area contributed by atoms with Crippen LogP contribution in [-0.4, -0.2) is 47.3 Å². The number of carbonyl (C=O) groups excluding carboxylic acids is 1. The standard InChI is InChI=1S/C16H29NO3/c1-3-11-17(14-5-6-14)12-16(19)9-7-13(8-10-16)15(18)20-4-2/h13-14,19H,3-12H2,1-2H3. The van der Waals surface area contributed by atoms with Gasteiger partial charge >= 0.3 is 5.97 Å². The van der Waals surface area contributed by atoms with Crippen molar-refractivity contribution in [3.8, 4) is 0 Å².